The molecular formula is C20H26N4O. The molecule has 5 nitrogen and oxygen atoms in total. The highest BCUT2D eigenvalue weighted by Crippen LogP contribution is 2.18. The van der Waals surface area contributed by atoms with Crippen molar-refractivity contribution in [1.29, 1.82) is 0 Å². The molecule has 1 aliphatic heterocycles. The third-order valence-corrected chi connectivity index (χ3v) is 4.60. The van der Waals surface area contributed by atoms with Gasteiger partial charge in [-0.05, 0) is 42.5 Å². The first-order chi connectivity index (χ1) is 12.1. The van der Waals surface area contributed by atoms with Crippen molar-refractivity contribution < 1.29 is 4.79 Å². The number of anilines is 2. The van der Waals surface area contributed by atoms with Crippen LogP contribution in [0, 0.1) is 0 Å². The summed E-state index contributed by atoms with van der Waals surface area (Å²) in [7, 11) is 0. The fourth-order valence-electron chi connectivity index (χ4n) is 3.04. The molecule has 0 atom stereocenters. The zero-order valence-corrected chi connectivity index (χ0v) is 15.0. The van der Waals surface area contributed by atoms with Gasteiger partial charge in [-0.3, -0.25) is 4.79 Å². The second-order valence-corrected chi connectivity index (χ2v) is 6.87. The minimum atomic E-state index is -0.198. The van der Waals surface area contributed by atoms with Crippen LogP contribution in [0.5, 0.6) is 0 Å². The van der Waals surface area contributed by atoms with Crippen LogP contribution in [-0.4, -0.2) is 29.0 Å². The first kappa shape index (κ1) is 17.4. The molecular weight excluding hydrogens is 312 g/mol. The summed E-state index contributed by atoms with van der Waals surface area (Å²) < 4.78 is 0. The molecule has 1 aromatic heterocycles. The minimum Gasteiger partial charge on any atom is -0.341 e. The number of benzene rings is 1. The van der Waals surface area contributed by atoms with Gasteiger partial charge >= 0.3 is 0 Å². The van der Waals surface area contributed by atoms with E-state index in [0.717, 1.165) is 31.6 Å². The molecule has 1 N–H and O–H groups in total. The van der Waals surface area contributed by atoms with E-state index in [0.29, 0.717) is 17.6 Å². The normalized spacial score (nSPS) is 15.1. The number of rotatable bonds is 4. The molecule has 1 amide bonds. The fourth-order valence-corrected chi connectivity index (χ4v) is 3.04. The third-order valence-electron chi connectivity index (χ3n) is 4.60. The Balaban J connectivity index is 1.70. The quantitative estimate of drug-likeness (QED) is 0.906. The molecule has 3 rings (SSSR count). The van der Waals surface area contributed by atoms with Crippen LogP contribution in [0.15, 0.2) is 36.5 Å². The number of carbonyl (C=O) groups is 1. The lowest BCUT2D eigenvalue weighted by Crippen LogP contribution is -2.27. The predicted molar refractivity (Wildman–Crippen MR) is 101 cm³/mol. The van der Waals surface area contributed by atoms with E-state index in [1.807, 2.05) is 24.3 Å². The number of nitrogens with one attached hydrogen (secondary N) is 1. The van der Waals surface area contributed by atoms with Gasteiger partial charge in [-0.25, -0.2) is 9.97 Å². The summed E-state index contributed by atoms with van der Waals surface area (Å²) in [6, 6.07) is 9.62. The van der Waals surface area contributed by atoms with Gasteiger partial charge in [-0.15, -0.1) is 0 Å². The monoisotopic (exact) mass is 338 g/mol. The van der Waals surface area contributed by atoms with Gasteiger partial charge in [0.25, 0.3) is 5.91 Å². The predicted octanol–water partition coefficient (Wildman–Crippen LogP) is 4.23. The number of aromatic nitrogens is 2. The lowest BCUT2D eigenvalue weighted by Gasteiger charge is -2.20. The molecule has 0 saturated carbocycles. The van der Waals surface area contributed by atoms with Crippen molar-refractivity contribution in [3.8, 4) is 0 Å². The Kier molecular flexibility index (Phi) is 5.64. The molecule has 5 heteroatoms. The fraction of sp³-hybridized carbons (Fsp3) is 0.450. The van der Waals surface area contributed by atoms with Gasteiger partial charge in [-0.2, -0.15) is 0 Å². The maximum Gasteiger partial charge on any atom is 0.274 e. The second kappa shape index (κ2) is 8.10. The van der Waals surface area contributed by atoms with E-state index in [9.17, 15) is 4.79 Å². The molecule has 1 aromatic carbocycles. The molecule has 0 bridgehead atoms. The molecule has 0 spiro atoms. The summed E-state index contributed by atoms with van der Waals surface area (Å²) in [4.78, 5) is 23.5. The third kappa shape index (κ3) is 4.56. The standard InChI is InChI=1S/C20H26N4O/c1-15(2)16-7-9-17(10-8-16)22-19(25)18-11-12-21-20(23-18)24-13-5-3-4-6-14-24/h7-12,15H,3-6,13-14H2,1-2H3,(H,22,25). The zero-order valence-electron chi connectivity index (χ0n) is 15.0. The van der Waals surface area contributed by atoms with Gasteiger partial charge in [0.05, 0.1) is 0 Å². The highest BCUT2D eigenvalue weighted by atomic mass is 16.1. The van der Waals surface area contributed by atoms with Gasteiger partial charge in [0, 0.05) is 25.0 Å². The zero-order chi connectivity index (χ0) is 17.6. The smallest absolute Gasteiger partial charge is 0.274 e. The van der Waals surface area contributed by atoms with E-state index in [4.69, 9.17) is 0 Å². The SMILES string of the molecule is CC(C)c1ccc(NC(=O)c2ccnc(N3CCCCCC3)n2)cc1. The first-order valence-corrected chi connectivity index (χ1v) is 9.13. The molecule has 0 aliphatic carbocycles. The Morgan fingerprint density at radius 2 is 1.72 bits per heavy atom. The van der Waals surface area contributed by atoms with Crippen molar-refractivity contribution >= 4 is 17.5 Å². The molecule has 2 aromatic rings. The Hall–Kier alpha value is -2.43. The number of hydrogen-bond donors (Lipinski definition) is 1. The van der Waals surface area contributed by atoms with Crippen LogP contribution >= 0.6 is 0 Å². The first-order valence-electron chi connectivity index (χ1n) is 9.13. The summed E-state index contributed by atoms with van der Waals surface area (Å²) in [5.74, 6) is 0.934. The molecule has 132 valence electrons. The molecule has 0 radical (unpaired) electrons. The highest BCUT2D eigenvalue weighted by molar-refractivity contribution is 6.02. The van der Waals surface area contributed by atoms with Crippen LogP contribution in [-0.2, 0) is 0 Å². The maximum atomic E-state index is 12.5. The largest absolute Gasteiger partial charge is 0.341 e. The Labute approximate surface area is 149 Å². The summed E-state index contributed by atoms with van der Waals surface area (Å²) in [5.41, 5.74) is 2.44. The second-order valence-electron chi connectivity index (χ2n) is 6.87. The Morgan fingerprint density at radius 1 is 1.04 bits per heavy atom. The van der Waals surface area contributed by atoms with Gasteiger partial charge in [0.15, 0.2) is 0 Å². The average molecular weight is 338 g/mol. The van der Waals surface area contributed by atoms with E-state index >= 15 is 0 Å². The lowest BCUT2D eigenvalue weighted by atomic mass is 10.0. The minimum absolute atomic E-state index is 0.198. The molecule has 2 heterocycles. The highest BCUT2D eigenvalue weighted by Gasteiger charge is 2.15. The van der Waals surface area contributed by atoms with E-state index in [1.165, 1.54) is 18.4 Å². The van der Waals surface area contributed by atoms with Crippen molar-refractivity contribution in [2.45, 2.75) is 45.4 Å². The van der Waals surface area contributed by atoms with Crippen LogP contribution in [0.1, 0.15) is 61.5 Å². The summed E-state index contributed by atoms with van der Waals surface area (Å²) in [6.45, 7) is 6.22. The van der Waals surface area contributed by atoms with E-state index in [2.05, 4.69) is 34.0 Å². The average Bonchev–Trinajstić information content (AvgIpc) is 2.92. The summed E-state index contributed by atoms with van der Waals surface area (Å²) in [6.07, 6.45) is 6.49. The lowest BCUT2D eigenvalue weighted by molar-refractivity contribution is 0.102. The Morgan fingerprint density at radius 3 is 2.36 bits per heavy atom. The number of carbonyl (C=O) groups excluding carboxylic acids is 1. The van der Waals surface area contributed by atoms with Crippen LogP contribution < -0.4 is 10.2 Å². The van der Waals surface area contributed by atoms with Crippen molar-refractivity contribution in [1.82, 2.24) is 9.97 Å². The van der Waals surface area contributed by atoms with Crippen LogP contribution in [0.3, 0.4) is 0 Å². The molecule has 1 aliphatic rings. The molecule has 0 unspecified atom stereocenters. The van der Waals surface area contributed by atoms with Gasteiger partial charge in [0.2, 0.25) is 5.95 Å². The van der Waals surface area contributed by atoms with E-state index in [-0.39, 0.29) is 5.91 Å². The van der Waals surface area contributed by atoms with Crippen molar-refractivity contribution in [3.05, 3.63) is 47.8 Å². The number of nitrogens with zero attached hydrogens (tertiary/aromatic N) is 3. The van der Waals surface area contributed by atoms with Gasteiger partial charge in [-0.1, -0.05) is 38.8 Å². The Bertz CT molecular complexity index is 704. The summed E-state index contributed by atoms with van der Waals surface area (Å²) in [5, 5.41) is 2.92. The van der Waals surface area contributed by atoms with Crippen molar-refractivity contribution in [2.75, 3.05) is 23.3 Å². The van der Waals surface area contributed by atoms with Crippen LogP contribution in [0.4, 0.5) is 11.6 Å². The summed E-state index contributed by atoms with van der Waals surface area (Å²) >= 11 is 0. The van der Waals surface area contributed by atoms with Gasteiger partial charge < -0.3 is 10.2 Å². The molecule has 1 fully saturated rings. The van der Waals surface area contributed by atoms with Crippen LogP contribution in [0.25, 0.3) is 0 Å². The molecule has 1 saturated heterocycles. The van der Waals surface area contributed by atoms with E-state index < -0.39 is 0 Å². The van der Waals surface area contributed by atoms with Crippen LogP contribution in [0.2, 0.25) is 0 Å². The van der Waals surface area contributed by atoms with Crippen molar-refractivity contribution in [2.24, 2.45) is 0 Å². The van der Waals surface area contributed by atoms with Gasteiger partial charge in [0.1, 0.15) is 5.69 Å². The van der Waals surface area contributed by atoms with Crippen molar-refractivity contribution in [3.63, 3.8) is 0 Å². The molecule has 25 heavy (non-hydrogen) atoms. The number of hydrogen-bond acceptors (Lipinski definition) is 4. The number of amides is 1. The topological polar surface area (TPSA) is 58.1 Å². The van der Waals surface area contributed by atoms with E-state index in [1.54, 1.807) is 12.3 Å². The maximum absolute atomic E-state index is 12.5.